The SMILES string of the molecule is COC(=O)[C@]1(C)C[C@@H](n2cc(C)c(=O)[nH]c2=O)O[C@@H]1CO. The lowest BCUT2D eigenvalue weighted by molar-refractivity contribution is -0.156. The van der Waals surface area contributed by atoms with E-state index in [4.69, 9.17) is 9.47 Å². The Morgan fingerprint density at radius 3 is 2.86 bits per heavy atom. The van der Waals surface area contributed by atoms with Crippen LogP contribution >= 0.6 is 0 Å². The summed E-state index contributed by atoms with van der Waals surface area (Å²) in [5, 5.41) is 9.40. The van der Waals surface area contributed by atoms with Crippen LogP contribution in [0.15, 0.2) is 15.8 Å². The van der Waals surface area contributed by atoms with Gasteiger partial charge in [-0.05, 0) is 13.8 Å². The van der Waals surface area contributed by atoms with Gasteiger partial charge in [0.1, 0.15) is 6.23 Å². The Kier molecular flexibility index (Phi) is 4.02. The van der Waals surface area contributed by atoms with E-state index in [-0.39, 0.29) is 13.0 Å². The number of H-pyrrole nitrogens is 1. The number of methoxy groups -OCH3 is 1. The Balaban J connectivity index is 2.41. The number of aryl methyl sites for hydroxylation is 1. The number of carbonyl (C=O) groups is 1. The molecule has 21 heavy (non-hydrogen) atoms. The first-order chi connectivity index (χ1) is 9.83. The monoisotopic (exact) mass is 298 g/mol. The first kappa shape index (κ1) is 15.5. The van der Waals surface area contributed by atoms with E-state index >= 15 is 0 Å². The minimum atomic E-state index is -1.06. The van der Waals surface area contributed by atoms with Gasteiger partial charge in [0.05, 0.1) is 25.2 Å². The smallest absolute Gasteiger partial charge is 0.330 e. The molecule has 2 heterocycles. The van der Waals surface area contributed by atoms with Crippen molar-refractivity contribution in [2.24, 2.45) is 5.41 Å². The normalized spacial score (nSPS) is 28.6. The van der Waals surface area contributed by atoms with Crippen LogP contribution in [0.5, 0.6) is 0 Å². The average molecular weight is 298 g/mol. The number of hydrogen-bond acceptors (Lipinski definition) is 6. The molecule has 0 aliphatic carbocycles. The summed E-state index contributed by atoms with van der Waals surface area (Å²) >= 11 is 0. The van der Waals surface area contributed by atoms with Crippen molar-refractivity contribution in [1.82, 2.24) is 9.55 Å². The Bertz CT molecular complexity index is 663. The predicted octanol–water partition coefficient (Wildman–Crippen LogP) is -0.696. The maximum atomic E-state index is 11.9. The number of hydrogen-bond donors (Lipinski definition) is 2. The first-order valence-corrected chi connectivity index (χ1v) is 6.50. The van der Waals surface area contributed by atoms with Gasteiger partial charge in [-0.15, -0.1) is 0 Å². The Labute approximate surface area is 120 Å². The molecule has 1 fully saturated rings. The van der Waals surface area contributed by atoms with E-state index in [9.17, 15) is 19.5 Å². The van der Waals surface area contributed by atoms with Gasteiger partial charge < -0.3 is 14.6 Å². The number of aliphatic hydroxyl groups is 1. The maximum absolute atomic E-state index is 11.9. The Morgan fingerprint density at radius 1 is 1.62 bits per heavy atom. The van der Waals surface area contributed by atoms with Gasteiger partial charge in [0.15, 0.2) is 0 Å². The highest BCUT2D eigenvalue weighted by Crippen LogP contribution is 2.43. The predicted molar refractivity (Wildman–Crippen MR) is 71.8 cm³/mol. The molecule has 1 aromatic heterocycles. The van der Waals surface area contributed by atoms with Crippen LogP contribution in [0.4, 0.5) is 0 Å². The second-order valence-electron chi connectivity index (χ2n) is 5.35. The van der Waals surface area contributed by atoms with E-state index in [1.54, 1.807) is 13.8 Å². The fraction of sp³-hybridized carbons (Fsp3) is 0.615. The minimum Gasteiger partial charge on any atom is -0.469 e. The molecule has 1 saturated heterocycles. The van der Waals surface area contributed by atoms with Crippen molar-refractivity contribution in [3.8, 4) is 0 Å². The molecule has 1 aromatic rings. The van der Waals surface area contributed by atoms with Crippen LogP contribution in [0.1, 0.15) is 25.1 Å². The maximum Gasteiger partial charge on any atom is 0.330 e. The molecule has 0 spiro atoms. The molecule has 0 aromatic carbocycles. The Hall–Kier alpha value is -1.93. The number of aliphatic hydroxyl groups excluding tert-OH is 1. The van der Waals surface area contributed by atoms with Crippen molar-refractivity contribution in [2.75, 3.05) is 13.7 Å². The molecule has 3 atom stereocenters. The summed E-state index contributed by atoms with van der Waals surface area (Å²) in [6, 6.07) is 0. The van der Waals surface area contributed by atoms with Crippen molar-refractivity contribution in [3.63, 3.8) is 0 Å². The third-order valence-corrected chi connectivity index (χ3v) is 3.90. The number of nitrogens with zero attached hydrogens (tertiary/aromatic N) is 1. The highest BCUT2D eigenvalue weighted by atomic mass is 16.5. The van der Waals surface area contributed by atoms with E-state index in [0.29, 0.717) is 5.56 Å². The molecule has 116 valence electrons. The van der Waals surface area contributed by atoms with Crippen LogP contribution in [-0.4, -0.2) is 40.4 Å². The second kappa shape index (κ2) is 5.45. The summed E-state index contributed by atoms with van der Waals surface area (Å²) in [7, 11) is 1.26. The van der Waals surface area contributed by atoms with Crippen LogP contribution < -0.4 is 11.2 Å². The van der Waals surface area contributed by atoms with Crippen molar-refractivity contribution in [3.05, 3.63) is 32.6 Å². The fourth-order valence-electron chi connectivity index (χ4n) is 2.54. The number of ether oxygens (including phenoxy) is 2. The summed E-state index contributed by atoms with van der Waals surface area (Å²) in [4.78, 5) is 37.4. The zero-order chi connectivity index (χ0) is 15.8. The summed E-state index contributed by atoms with van der Waals surface area (Å²) < 4.78 is 11.6. The van der Waals surface area contributed by atoms with E-state index in [0.717, 1.165) is 0 Å². The van der Waals surface area contributed by atoms with Crippen molar-refractivity contribution in [1.29, 1.82) is 0 Å². The minimum absolute atomic E-state index is 0.163. The van der Waals surface area contributed by atoms with Crippen molar-refractivity contribution in [2.45, 2.75) is 32.6 Å². The van der Waals surface area contributed by atoms with E-state index < -0.39 is 35.0 Å². The molecular weight excluding hydrogens is 280 g/mol. The number of carbonyl (C=O) groups excluding carboxylic acids is 1. The van der Waals surface area contributed by atoms with Gasteiger partial charge in [-0.3, -0.25) is 19.1 Å². The van der Waals surface area contributed by atoms with Gasteiger partial charge in [-0.25, -0.2) is 4.79 Å². The standard InChI is InChI=1S/C13H18N2O6/c1-7-5-15(12(19)14-10(7)17)9-4-13(2,11(18)20-3)8(6-16)21-9/h5,8-9,16H,4,6H2,1-3H3,(H,14,17,19)/t8-,9+,13-/m1/s1. The largest absolute Gasteiger partial charge is 0.469 e. The second-order valence-corrected chi connectivity index (χ2v) is 5.35. The van der Waals surface area contributed by atoms with Crippen LogP contribution in [0.25, 0.3) is 0 Å². The molecule has 2 N–H and O–H groups in total. The summed E-state index contributed by atoms with van der Waals surface area (Å²) in [5.41, 5.74) is -1.80. The quantitative estimate of drug-likeness (QED) is 0.714. The number of aromatic amines is 1. The topological polar surface area (TPSA) is 111 Å². The third-order valence-electron chi connectivity index (χ3n) is 3.90. The highest BCUT2D eigenvalue weighted by molar-refractivity contribution is 5.77. The van der Waals surface area contributed by atoms with Crippen molar-refractivity contribution >= 4 is 5.97 Å². The van der Waals surface area contributed by atoms with E-state index in [1.165, 1.54) is 17.9 Å². The molecule has 1 aliphatic heterocycles. The summed E-state index contributed by atoms with van der Waals surface area (Å²) in [6.07, 6.45) is 0.00271. The van der Waals surface area contributed by atoms with Crippen LogP contribution in [0, 0.1) is 12.3 Å². The molecule has 0 radical (unpaired) electrons. The summed E-state index contributed by atoms with van der Waals surface area (Å²) in [6.45, 7) is 2.80. The number of esters is 1. The van der Waals surface area contributed by atoms with Gasteiger partial charge in [0.25, 0.3) is 5.56 Å². The lowest BCUT2D eigenvalue weighted by Gasteiger charge is -2.24. The van der Waals surface area contributed by atoms with Gasteiger partial charge >= 0.3 is 11.7 Å². The van der Waals surface area contributed by atoms with E-state index in [1.807, 2.05) is 0 Å². The van der Waals surface area contributed by atoms with Gasteiger partial charge in [-0.1, -0.05) is 0 Å². The molecule has 0 saturated carbocycles. The number of rotatable bonds is 3. The molecule has 0 amide bonds. The average Bonchev–Trinajstić information content (AvgIpc) is 2.80. The van der Waals surface area contributed by atoms with Gasteiger partial charge in [-0.2, -0.15) is 0 Å². The number of nitrogens with one attached hydrogen (secondary N) is 1. The molecule has 8 nitrogen and oxygen atoms in total. The zero-order valence-corrected chi connectivity index (χ0v) is 12.1. The lowest BCUT2D eigenvalue weighted by atomic mass is 9.83. The fourth-order valence-corrected chi connectivity index (χ4v) is 2.54. The molecule has 0 unspecified atom stereocenters. The van der Waals surface area contributed by atoms with Gasteiger partial charge in [0.2, 0.25) is 0 Å². The molecule has 1 aliphatic rings. The van der Waals surface area contributed by atoms with Crippen LogP contribution in [0.3, 0.4) is 0 Å². The molecular formula is C13H18N2O6. The van der Waals surface area contributed by atoms with Crippen molar-refractivity contribution < 1.29 is 19.4 Å². The lowest BCUT2D eigenvalue weighted by Crippen LogP contribution is -2.39. The van der Waals surface area contributed by atoms with Gasteiger partial charge in [0, 0.05) is 18.2 Å². The molecule has 2 rings (SSSR count). The molecule has 8 heteroatoms. The van der Waals surface area contributed by atoms with E-state index in [2.05, 4.69) is 4.98 Å². The molecule has 0 bridgehead atoms. The highest BCUT2D eigenvalue weighted by Gasteiger charge is 2.52. The Morgan fingerprint density at radius 2 is 2.29 bits per heavy atom. The zero-order valence-electron chi connectivity index (χ0n) is 12.1. The summed E-state index contributed by atoms with van der Waals surface area (Å²) in [5.74, 6) is -0.516. The van der Waals surface area contributed by atoms with Crippen LogP contribution in [0.2, 0.25) is 0 Å². The first-order valence-electron chi connectivity index (χ1n) is 6.50. The number of aromatic nitrogens is 2. The van der Waals surface area contributed by atoms with Crippen LogP contribution in [-0.2, 0) is 14.3 Å². The third kappa shape index (κ3) is 2.52.